The first kappa shape index (κ1) is 19.7. The van der Waals surface area contributed by atoms with Gasteiger partial charge in [-0.1, -0.05) is 29.8 Å². The van der Waals surface area contributed by atoms with Crippen LogP contribution in [0.4, 0.5) is 0 Å². The highest BCUT2D eigenvalue weighted by Gasteiger charge is 2.45. The standard InChI is InChI=1S/C22H23ClN2O4/c23-18-5-4-15(11-19(18)27)14-2-1-3-16(10-14)20(28)25-8-6-22(7-9-25)12-17(26)13-24-21(22)29/h1-5,10-11,17,26-27H,6-9,12-13H2,(H,24,29). The first-order valence-electron chi connectivity index (χ1n) is 9.73. The minimum absolute atomic E-state index is 0.00447. The molecule has 152 valence electrons. The number of carbonyl (C=O) groups is 2. The second-order valence-electron chi connectivity index (χ2n) is 7.89. The van der Waals surface area contributed by atoms with Crippen molar-refractivity contribution >= 4 is 23.4 Å². The van der Waals surface area contributed by atoms with Crippen molar-refractivity contribution in [2.75, 3.05) is 19.6 Å². The third-order valence-electron chi connectivity index (χ3n) is 6.00. The Morgan fingerprint density at radius 2 is 1.86 bits per heavy atom. The number of hydrogen-bond donors (Lipinski definition) is 3. The zero-order chi connectivity index (χ0) is 20.6. The van der Waals surface area contributed by atoms with Gasteiger partial charge in [0.05, 0.1) is 16.5 Å². The Bertz CT molecular complexity index is 954. The molecule has 2 saturated heterocycles. The van der Waals surface area contributed by atoms with Crippen molar-refractivity contribution in [3.63, 3.8) is 0 Å². The number of hydrogen-bond acceptors (Lipinski definition) is 4. The van der Waals surface area contributed by atoms with Gasteiger partial charge in [-0.2, -0.15) is 0 Å². The summed E-state index contributed by atoms with van der Waals surface area (Å²) in [5.74, 6) is -0.105. The van der Waals surface area contributed by atoms with Gasteiger partial charge < -0.3 is 20.4 Å². The van der Waals surface area contributed by atoms with E-state index in [1.54, 1.807) is 35.2 Å². The maximum absolute atomic E-state index is 13.0. The van der Waals surface area contributed by atoms with E-state index in [9.17, 15) is 19.8 Å². The molecule has 0 saturated carbocycles. The van der Waals surface area contributed by atoms with E-state index in [-0.39, 0.29) is 22.6 Å². The van der Waals surface area contributed by atoms with Gasteiger partial charge in [-0.3, -0.25) is 9.59 Å². The lowest BCUT2D eigenvalue weighted by molar-refractivity contribution is -0.140. The van der Waals surface area contributed by atoms with Crippen molar-refractivity contribution in [1.82, 2.24) is 10.2 Å². The molecule has 2 amide bonds. The minimum Gasteiger partial charge on any atom is -0.506 e. The Hall–Kier alpha value is -2.57. The number of nitrogens with one attached hydrogen (secondary N) is 1. The van der Waals surface area contributed by atoms with Gasteiger partial charge in [0, 0.05) is 25.2 Å². The van der Waals surface area contributed by atoms with E-state index in [0.29, 0.717) is 44.5 Å². The Labute approximate surface area is 174 Å². The number of piperidine rings is 2. The molecule has 0 bridgehead atoms. The average Bonchev–Trinajstić information content (AvgIpc) is 2.73. The van der Waals surface area contributed by atoms with Gasteiger partial charge in [0.1, 0.15) is 5.75 Å². The van der Waals surface area contributed by atoms with Gasteiger partial charge >= 0.3 is 0 Å². The average molecular weight is 415 g/mol. The molecule has 6 nitrogen and oxygen atoms in total. The van der Waals surface area contributed by atoms with Crippen molar-refractivity contribution in [3.05, 3.63) is 53.1 Å². The lowest BCUT2D eigenvalue weighted by Gasteiger charge is -2.44. The molecule has 2 aliphatic heterocycles. The maximum Gasteiger partial charge on any atom is 0.253 e. The first-order valence-corrected chi connectivity index (χ1v) is 10.1. The Kier molecular flexibility index (Phi) is 5.23. The van der Waals surface area contributed by atoms with Gasteiger partial charge in [0.2, 0.25) is 5.91 Å². The third kappa shape index (κ3) is 3.82. The number of β-amino-alcohol motifs (C(OH)–C–C–N with tert-alkyl or cyclic N) is 1. The van der Waals surface area contributed by atoms with Crippen molar-refractivity contribution in [3.8, 4) is 16.9 Å². The van der Waals surface area contributed by atoms with E-state index in [1.807, 2.05) is 12.1 Å². The number of carbonyl (C=O) groups excluding carboxylic acids is 2. The van der Waals surface area contributed by atoms with Crippen LogP contribution in [0.5, 0.6) is 5.75 Å². The van der Waals surface area contributed by atoms with Gasteiger partial charge in [-0.15, -0.1) is 0 Å². The molecule has 3 N–H and O–H groups in total. The van der Waals surface area contributed by atoms with Gasteiger partial charge in [0.25, 0.3) is 5.91 Å². The molecule has 0 aromatic heterocycles. The van der Waals surface area contributed by atoms with Crippen LogP contribution < -0.4 is 5.32 Å². The second-order valence-corrected chi connectivity index (χ2v) is 8.29. The number of phenolic OH excluding ortho intramolecular Hbond substituents is 1. The number of aliphatic hydroxyl groups is 1. The lowest BCUT2D eigenvalue weighted by atomic mass is 9.71. The molecule has 2 heterocycles. The van der Waals surface area contributed by atoms with Crippen LogP contribution in [-0.2, 0) is 4.79 Å². The van der Waals surface area contributed by atoms with Crippen molar-refractivity contribution < 1.29 is 19.8 Å². The van der Waals surface area contributed by atoms with Crippen LogP contribution in [-0.4, -0.2) is 52.7 Å². The Morgan fingerprint density at radius 3 is 2.59 bits per heavy atom. The fraction of sp³-hybridized carbons (Fsp3) is 0.364. The second kappa shape index (κ2) is 7.69. The van der Waals surface area contributed by atoms with Gasteiger partial charge in [-0.25, -0.2) is 0 Å². The molecule has 2 fully saturated rings. The minimum atomic E-state index is -0.572. The SMILES string of the molecule is O=C(c1cccc(-c2ccc(Cl)c(O)c2)c1)N1CCC2(CC1)CC(O)CNC2=O. The summed E-state index contributed by atoms with van der Waals surface area (Å²) in [4.78, 5) is 27.1. The van der Waals surface area contributed by atoms with Crippen molar-refractivity contribution in [2.45, 2.75) is 25.4 Å². The summed E-state index contributed by atoms with van der Waals surface area (Å²) >= 11 is 5.88. The number of halogens is 1. The fourth-order valence-electron chi connectivity index (χ4n) is 4.29. The normalized spacial score (nSPS) is 21.1. The number of nitrogens with zero attached hydrogens (tertiary/aromatic N) is 1. The molecule has 1 atom stereocenters. The number of aliphatic hydroxyl groups excluding tert-OH is 1. The summed E-state index contributed by atoms with van der Waals surface area (Å²) in [7, 11) is 0. The summed E-state index contributed by atoms with van der Waals surface area (Å²) in [6, 6.07) is 12.2. The van der Waals surface area contributed by atoms with E-state index in [4.69, 9.17) is 11.6 Å². The summed E-state index contributed by atoms with van der Waals surface area (Å²) in [5.41, 5.74) is 1.57. The predicted molar refractivity (Wildman–Crippen MR) is 110 cm³/mol. The fourth-order valence-corrected chi connectivity index (χ4v) is 4.41. The number of benzene rings is 2. The molecular formula is C22H23ClN2O4. The highest BCUT2D eigenvalue weighted by molar-refractivity contribution is 6.32. The molecule has 1 spiro atoms. The molecule has 2 aromatic carbocycles. The van der Waals surface area contributed by atoms with Crippen LogP contribution in [0.25, 0.3) is 11.1 Å². The molecule has 29 heavy (non-hydrogen) atoms. The molecule has 0 radical (unpaired) electrons. The van der Waals surface area contributed by atoms with Gasteiger partial charge in [-0.05, 0) is 54.7 Å². The summed E-state index contributed by atoms with van der Waals surface area (Å²) in [5, 5.41) is 22.9. The topological polar surface area (TPSA) is 89.9 Å². The van der Waals surface area contributed by atoms with Gasteiger partial charge in [0.15, 0.2) is 0 Å². The van der Waals surface area contributed by atoms with Crippen LogP contribution in [0.3, 0.4) is 0 Å². The van der Waals surface area contributed by atoms with Crippen LogP contribution in [0, 0.1) is 5.41 Å². The summed E-state index contributed by atoms with van der Waals surface area (Å²) < 4.78 is 0. The largest absolute Gasteiger partial charge is 0.506 e. The zero-order valence-corrected chi connectivity index (χ0v) is 16.7. The predicted octanol–water partition coefficient (Wildman–Crippen LogP) is 2.82. The van der Waals surface area contributed by atoms with Crippen LogP contribution in [0.2, 0.25) is 5.02 Å². The van der Waals surface area contributed by atoms with E-state index in [2.05, 4.69) is 5.32 Å². The molecule has 2 aliphatic rings. The number of rotatable bonds is 2. The maximum atomic E-state index is 13.0. The highest BCUT2D eigenvalue weighted by Crippen LogP contribution is 2.39. The van der Waals surface area contributed by atoms with Crippen molar-refractivity contribution in [1.29, 1.82) is 0 Å². The highest BCUT2D eigenvalue weighted by atomic mass is 35.5. The summed E-state index contributed by atoms with van der Waals surface area (Å²) in [6.45, 7) is 1.26. The van der Waals surface area contributed by atoms with Crippen LogP contribution in [0.1, 0.15) is 29.6 Å². The molecule has 2 aromatic rings. The van der Waals surface area contributed by atoms with Crippen LogP contribution >= 0.6 is 11.6 Å². The van der Waals surface area contributed by atoms with Crippen molar-refractivity contribution in [2.24, 2.45) is 5.41 Å². The van der Waals surface area contributed by atoms with E-state index in [1.165, 1.54) is 0 Å². The number of aromatic hydroxyl groups is 1. The summed E-state index contributed by atoms with van der Waals surface area (Å²) in [6.07, 6.45) is 1.03. The van der Waals surface area contributed by atoms with Crippen LogP contribution in [0.15, 0.2) is 42.5 Å². The lowest BCUT2D eigenvalue weighted by Crippen LogP contribution is -2.56. The zero-order valence-electron chi connectivity index (χ0n) is 15.9. The van der Waals surface area contributed by atoms with E-state index < -0.39 is 11.5 Å². The molecular weight excluding hydrogens is 392 g/mol. The number of amides is 2. The number of phenols is 1. The Balaban J connectivity index is 1.49. The monoisotopic (exact) mass is 414 g/mol. The molecule has 0 aliphatic carbocycles. The molecule has 1 unspecified atom stereocenters. The Morgan fingerprint density at radius 1 is 1.14 bits per heavy atom. The van der Waals surface area contributed by atoms with E-state index in [0.717, 1.165) is 11.1 Å². The van der Waals surface area contributed by atoms with E-state index >= 15 is 0 Å². The number of likely N-dealkylation sites (tertiary alicyclic amines) is 1. The molecule has 7 heteroatoms. The molecule has 4 rings (SSSR count). The third-order valence-corrected chi connectivity index (χ3v) is 6.32. The first-order chi connectivity index (χ1) is 13.9. The quantitative estimate of drug-likeness (QED) is 0.704. The smallest absolute Gasteiger partial charge is 0.253 e.